The van der Waals surface area contributed by atoms with E-state index in [9.17, 15) is 23.1 Å². The summed E-state index contributed by atoms with van der Waals surface area (Å²) in [5.41, 5.74) is 0. The first kappa shape index (κ1) is 26.4. The lowest BCUT2D eigenvalue weighted by atomic mass is 10.1. The van der Waals surface area contributed by atoms with Crippen LogP contribution in [0, 0.1) is 0 Å². The molecule has 5 N–H and O–H groups in total. The Morgan fingerprint density at radius 3 is 2.70 bits per heavy atom. The summed E-state index contributed by atoms with van der Waals surface area (Å²) in [6.07, 6.45) is 2.38. The van der Waals surface area contributed by atoms with Gasteiger partial charge in [0, 0.05) is 31.4 Å². The van der Waals surface area contributed by atoms with Crippen LogP contribution in [0.25, 0.3) is 10.8 Å². The first-order valence-electron chi connectivity index (χ1n) is 11.7. The van der Waals surface area contributed by atoms with E-state index in [0.717, 1.165) is 49.8 Å². The average molecular weight is 546 g/mol. The summed E-state index contributed by atoms with van der Waals surface area (Å²) >= 11 is 1.12. The smallest absolute Gasteiger partial charge is 0.323 e. The number of hydrogen-bond acceptors (Lipinski definition) is 10. The second-order valence-electron chi connectivity index (χ2n) is 8.24. The second-order valence-corrected chi connectivity index (χ2v) is 11.0. The molecule has 4 rings (SSSR count). The van der Waals surface area contributed by atoms with Gasteiger partial charge in [-0.15, -0.1) is 10.2 Å². The van der Waals surface area contributed by atoms with Crippen LogP contribution in [0.5, 0.6) is 0 Å². The summed E-state index contributed by atoms with van der Waals surface area (Å²) in [4.78, 5) is 28.5. The van der Waals surface area contributed by atoms with Crippen LogP contribution in [-0.2, 0) is 21.2 Å². The van der Waals surface area contributed by atoms with E-state index in [2.05, 4.69) is 35.9 Å². The molecule has 1 amide bonds. The summed E-state index contributed by atoms with van der Waals surface area (Å²) in [5, 5.41) is 28.2. The molecule has 0 aliphatic carbocycles. The number of aromatic nitrogens is 2. The van der Waals surface area contributed by atoms with E-state index >= 15 is 0 Å². The van der Waals surface area contributed by atoms with E-state index in [1.54, 1.807) is 36.4 Å². The van der Waals surface area contributed by atoms with Gasteiger partial charge in [-0.2, -0.15) is 4.72 Å². The van der Waals surface area contributed by atoms with Gasteiger partial charge in [0.2, 0.25) is 15.0 Å². The zero-order valence-corrected chi connectivity index (χ0v) is 21.4. The van der Waals surface area contributed by atoms with Crippen molar-refractivity contribution in [3.8, 4) is 0 Å². The van der Waals surface area contributed by atoms with Crippen molar-refractivity contribution in [3.63, 3.8) is 0 Å². The molecule has 0 radical (unpaired) electrons. The Kier molecular flexibility index (Phi) is 8.63. The van der Waals surface area contributed by atoms with Gasteiger partial charge in [-0.3, -0.25) is 14.6 Å². The number of aryl methyl sites for hydroxylation is 1. The minimum atomic E-state index is -4.18. The fraction of sp³-hybridized carbons (Fsp3) is 0.348. The van der Waals surface area contributed by atoms with Crippen molar-refractivity contribution in [2.24, 2.45) is 4.99 Å². The van der Waals surface area contributed by atoms with Crippen molar-refractivity contribution in [3.05, 3.63) is 52.5 Å². The highest BCUT2D eigenvalue weighted by molar-refractivity contribution is 7.89. The fourth-order valence-corrected chi connectivity index (χ4v) is 5.92. The van der Waals surface area contributed by atoms with E-state index in [1.807, 2.05) is 0 Å². The van der Waals surface area contributed by atoms with Gasteiger partial charge in [-0.05, 0) is 24.3 Å². The maximum Gasteiger partial charge on any atom is 0.323 e. The predicted octanol–water partition coefficient (Wildman–Crippen LogP) is 0.724. The van der Waals surface area contributed by atoms with E-state index in [0.29, 0.717) is 22.2 Å². The maximum atomic E-state index is 13.0. The summed E-state index contributed by atoms with van der Waals surface area (Å²) < 4.78 is 28.1. The number of unbranched alkanes of at least 4 members (excludes halogenated alkanes) is 1. The fourth-order valence-electron chi connectivity index (χ4n) is 3.70. The minimum Gasteiger partial charge on any atom is -0.480 e. The largest absolute Gasteiger partial charge is 0.480 e. The maximum absolute atomic E-state index is 13.0. The van der Waals surface area contributed by atoms with Crippen molar-refractivity contribution in [2.75, 3.05) is 26.2 Å². The quantitative estimate of drug-likeness (QED) is 0.205. The van der Waals surface area contributed by atoms with Crippen LogP contribution < -0.4 is 20.7 Å². The molecule has 0 saturated heterocycles. The van der Waals surface area contributed by atoms with Crippen molar-refractivity contribution in [2.45, 2.75) is 30.2 Å². The number of carbonyl (C=O) groups is 2. The molecule has 37 heavy (non-hydrogen) atoms. The number of benzene rings is 2. The van der Waals surface area contributed by atoms with Crippen LogP contribution in [0.15, 0.2) is 52.4 Å². The van der Waals surface area contributed by atoms with Crippen LogP contribution in [-0.4, -0.2) is 73.8 Å². The van der Waals surface area contributed by atoms with Crippen LogP contribution in [0.1, 0.15) is 27.7 Å². The van der Waals surface area contributed by atoms with Gasteiger partial charge >= 0.3 is 5.97 Å². The standard InChI is InChI=1S/C23H27N7O5S2/c31-20(21-29-28-19(36-21)10-3-4-11-24-23-25-12-13-26-23)27-14-17(22(32)33)30-37(34,35)18-9-5-7-15-6-1-2-8-16(15)18/h1-2,5-9,17,30H,3-4,10-14H2,(H,27,31)(H,32,33)(H2,24,25,26)/t17-/m0/s1. The second kappa shape index (κ2) is 12.1. The number of rotatable bonds is 12. The number of sulfonamides is 1. The Morgan fingerprint density at radius 1 is 1.11 bits per heavy atom. The third kappa shape index (κ3) is 6.99. The molecule has 0 saturated carbocycles. The molecular formula is C23H27N7O5S2. The third-order valence-corrected chi connectivity index (χ3v) is 8.06. The number of aliphatic carboxylic acids is 1. The van der Waals surface area contributed by atoms with Gasteiger partial charge in [0.1, 0.15) is 11.0 Å². The molecule has 14 heteroatoms. The molecule has 0 fully saturated rings. The number of carboxylic acids is 1. The molecule has 1 atom stereocenters. The van der Waals surface area contributed by atoms with Crippen LogP contribution in [0.2, 0.25) is 0 Å². The number of fused-ring (bicyclic) bond motifs is 1. The van der Waals surface area contributed by atoms with Crippen LogP contribution in [0.4, 0.5) is 0 Å². The molecule has 0 spiro atoms. The van der Waals surface area contributed by atoms with E-state index < -0.39 is 34.5 Å². The normalized spacial score (nSPS) is 14.1. The van der Waals surface area contributed by atoms with E-state index in [4.69, 9.17) is 0 Å². The lowest BCUT2D eigenvalue weighted by molar-refractivity contribution is -0.138. The molecule has 1 aliphatic heterocycles. The molecule has 1 aliphatic rings. The molecule has 12 nitrogen and oxygen atoms in total. The number of nitrogens with one attached hydrogen (secondary N) is 4. The van der Waals surface area contributed by atoms with Crippen LogP contribution in [0.3, 0.4) is 0 Å². The first-order chi connectivity index (χ1) is 17.8. The lowest BCUT2D eigenvalue weighted by Gasteiger charge is -2.16. The number of aliphatic imine (C=N–C) groups is 1. The van der Waals surface area contributed by atoms with Crippen molar-refractivity contribution >= 4 is 50.0 Å². The molecule has 2 heterocycles. The number of carbonyl (C=O) groups excluding carboxylic acids is 1. The minimum absolute atomic E-state index is 0.0420. The number of hydrogen-bond donors (Lipinski definition) is 5. The molecule has 0 unspecified atom stereocenters. The third-order valence-electron chi connectivity index (χ3n) is 5.55. The van der Waals surface area contributed by atoms with Crippen molar-refractivity contribution in [1.29, 1.82) is 0 Å². The highest BCUT2D eigenvalue weighted by Gasteiger charge is 2.27. The Balaban J connectivity index is 1.29. The summed E-state index contributed by atoms with van der Waals surface area (Å²) in [7, 11) is -4.18. The summed E-state index contributed by atoms with van der Waals surface area (Å²) in [6, 6.07) is 10.1. The Bertz CT molecular complexity index is 1400. The summed E-state index contributed by atoms with van der Waals surface area (Å²) in [6.45, 7) is 1.93. The van der Waals surface area contributed by atoms with E-state index in [-0.39, 0.29) is 9.90 Å². The Morgan fingerprint density at radius 2 is 1.92 bits per heavy atom. The molecule has 196 valence electrons. The van der Waals surface area contributed by atoms with E-state index in [1.165, 1.54) is 6.07 Å². The molecule has 1 aromatic heterocycles. The van der Waals surface area contributed by atoms with Gasteiger partial charge in [0.15, 0.2) is 5.96 Å². The Labute approximate surface area is 217 Å². The number of amides is 1. The number of guanidine groups is 1. The zero-order valence-electron chi connectivity index (χ0n) is 19.8. The highest BCUT2D eigenvalue weighted by Crippen LogP contribution is 2.22. The predicted molar refractivity (Wildman–Crippen MR) is 139 cm³/mol. The summed E-state index contributed by atoms with van der Waals surface area (Å²) in [5.74, 6) is -1.23. The Hall–Kier alpha value is -3.62. The average Bonchev–Trinajstić information content (AvgIpc) is 3.58. The van der Waals surface area contributed by atoms with Gasteiger partial charge in [0.25, 0.3) is 5.91 Å². The molecule has 0 bridgehead atoms. The van der Waals surface area contributed by atoms with Gasteiger partial charge in [-0.25, -0.2) is 8.42 Å². The molecule has 2 aromatic carbocycles. The lowest BCUT2D eigenvalue weighted by Crippen LogP contribution is -2.48. The topological polar surface area (TPSA) is 175 Å². The van der Waals surface area contributed by atoms with Gasteiger partial charge in [0.05, 0.1) is 11.4 Å². The first-order valence-corrected chi connectivity index (χ1v) is 14.0. The molecule has 3 aromatic rings. The highest BCUT2D eigenvalue weighted by atomic mass is 32.2. The number of carboxylic acid groups (broad SMARTS) is 1. The van der Waals surface area contributed by atoms with Crippen molar-refractivity contribution < 1.29 is 23.1 Å². The van der Waals surface area contributed by atoms with Crippen molar-refractivity contribution in [1.82, 2.24) is 30.9 Å². The number of nitrogens with zero attached hydrogens (tertiary/aromatic N) is 3. The van der Waals surface area contributed by atoms with Gasteiger partial charge in [-0.1, -0.05) is 47.7 Å². The molecular weight excluding hydrogens is 518 g/mol. The monoisotopic (exact) mass is 545 g/mol. The SMILES string of the molecule is O=C(NC[C@H](NS(=O)(=O)c1cccc2ccccc12)C(=O)O)c1nnc(CCCCNC2=NCCN2)s1. The van der Waals surface area contributed by atoms with Crippen LogP contribution >= 0.6 is 11.3 Å². The van der Waals surface area contributed by atoms with Gasteiger partial charge < -0.3 is 21.1 Å². The zero-order chi connectivity index (χ0) is 26.3.